The first kappa shape index (κ1) is 17.6. The lowest BCUT2D eigenvalue weighted by Crippen LogP contribution is -2.15. The Morgan fingerprint density at radius 2 is 1.71 bits per heavy atom. The standard InChI is InChI=1S/C16H15FN2O4S/c1-22-14-9-13(17)16(10-15(14)23-2)24(20,21)19-12-5-3-11(4-6-12)7-8-18/h3-6,9-10,19H,7H2,1-2H3. The summed E-state index contributed by atoms with van der Waals surface area (Å²) in [5.74, 6) is -0.764. The van der Waals surface area contributed by atoms with E-state index in [9.17, 15) is 12.8 Å². The first-order chi connectivity index (χ1) is 11.4. The first-order valence-electron chi connectivity index (χ1n) is 6.81. The lowest BCUT2D eigenvalue weighted by Gasteiger charge is -2.13. The SMILES string of the molecule is COc1cc(F)c(S(=O)(=O)Nc2ccc(CC#N)cc2)cc1OC. The number of anilines is 1. The normalized spacial score (nSPS) is 10.8. The fraction of sp³-hybridized carbons (Fsp3) is 0.188. The van der Waals surface area contributed by atoms with Crippen LogP contribution < -0.4 is 14.2 Å². The molecule has 2 aromatic rings. The van der Waals surface area contributed by atoms with E-state index in [1.165, 1.54) is 26.4 Å². The highest BCUT2D eigenvalue weighted by atomic mass is 32.2. The van der Waals surface area contributed by atoms with E-state index in [-0.39, 0.29) is 23.6 Å². The molecule has 6 nitrogen and oxygen atoms in total. The minimum Gasteiger partial charge on any atom is -0.493 e. The van der Waals surface area contributed by atoms with Crippen LogP contribution in [0, 0.1) is 17.1 Å². The minimum atomic E-state index is -4.15. The average molecular weight is 350 g/mol. The number of hydrogen-bond donors (Lipinski definition) is 1. The molecular formula is C16H15FN2O4S. The van der Waals surface area contributed by atoms with Crippen LogP contribution in [0.15, 0.2) is 41.3 Å². The molecule has 0 aliphatic rings. The number of ether oxygens (including phenoxy) is 2. The molecule has 0 heterocycles. The van der Waals surface area contributed by atoms with E-state index in [4.69, 9.17) is 14.7 Å². The Hall–Kier alpha value is -2.79. The lowest BCUT2D eigenvalue weighted by atomic mass is 10.1. The highest BCUT2D eigenvalue weighted by Crippen LogP contribution is 2.32. The molecule has 0 aliphatic carbocycles. The van der Waals surface area contributed by atoms with Crippen LogP contribution in [0.4, 0.5) is 10.1 Å². The molecule has 24 heavy (non-hydrogen) atoms. The van der Waals surface area contributed by atoms with Crippen LogP contribution in [0.2, 0.25) is 0 Å². The van der Waals surface area contributed by atoms with Gasteiger partial charge in [0.1, 0.15) is 10.7 Å². The summed E-state index contributed by atoms with van der Waals surface area (Å²) < 4.78 is 51.2. The van der Waals surface area contributed by atoms with Crippen LogP contribution in [0.5, 0.6) is 11.5 Å². The Morgan fingerprint density at radius 1 is 1.12 bits per heavy atom. The fourth-order valence-corrected chi connectivity index (χ4v) is 3.17. The molecule has 1 N–H and O–H groups in total. The van der Waals surface area contributed by atoms with Gasteiger partial charge in [0.2, 0.25) is 0 Å². The molecular weight excluding hydrogens is 335 g/mol. The molecule has 0 spiro atoms. The zero-order chi connectivity index (χ0) is 17.7. The van der Waals surface area contributed by atoms with Crippen molar-refractivity contribution in [1.29, 1.82) is 5.26 Å². The third kappa shape index (κ3) is 3.75. The predicted molar refractivity (Wildman–Crippen MR) is 86.1 cm³/mol. The van der Waals surface area contributed by atoms with Crippen LogP contribution in [-0.2, 0) is 16.4 Å². The molecule has 0 aromatic heterocycles. The van der Waals surface area contributed by atoms with Crippen molar-refractivity contribution in [2.45, 2.75) is 11.3 Å². The zero-order valence-electron chi connectivity index (χ0n) is 13.0. The Bertz CT molecular complexity index is 874. The summed E-state index contributed by atoms with van der Waals surface area (Å²) in [6.07, 6.45) is 0.220. The monoisotopic (exact) mass is 350 g/mol. The van der Waals surface area contributed by atoms with Crippen molar-refractivity contribution in [2.75, 3.05) is 18.9 Å². The van der Waals surface area contributed by atoms with E-state index >= 15 is 0 Å². The van der Waals surface area contributed by atoms with Gasteiger partial charge < -0.3 is 9.47 Å². The van der Waals surface area contributed by atoms with Gasteiger partial charge in [-0.25, -0.2) is 12.8 Å². The molecule has 8 heteroatoms. The van der Waals surface area contributed by atoms with Crippen molar-refractivity contribution in [2.24, 2.45) is 0 Å². The highest BCUT2D eigenvalue weighted by molar-refractivity contribution is 7.92. The number of methoxy groups -OCH3 is 2. The lowest BCUT2D eigenvalue weighted by molar-refractivity contribution is 0.350. The van der Waals surface area contributed by atoms with Crippen LogP contribution in [0.3, 0.4) is 0 Å². The van der Waals surface area contributed by atoms with Gasteiger partial charge in [0.05, 0.1) is 26.7 Å². The summed E-state index contributed by atoms with van der Waals surface area (Å²) in [5.41, 5.74) is 1.00. The van der Waals surface area contributed by atoms with Gasteiger partial charge in [-0.15, -0.1) is 0 Å². The van der Waals surface area contributed by atoms with Gasteiger partial charge in [-0.1, -0.05) is 12.1 Å². The molecule has 2 rings (SSSR count). The largest absolute Gasteiger partial charge is 0.493 e. The Kier molecular flexibility index (Phi) is 5.26. The van der Waals surface area contributed by atoms with E-state index in [1.54, 1.807) is 12.1 Å². The molecule has 0 bridgehead atoms. The summed E-state index contributed by atoms with van der Waals surface area (Å²) in [4.78, 5) is -0.554. The number of hydrogen-bond acceptors (Lipinski definition) is 5. The molecule has 126 valence electrons. The maximum Gasteiger partial charge on any atom is 0.264 e. The van der Waals surface area contributed by atoms with E-state index in [0.29, 0.717) is 0 Å². The van der Waals surface area contributed by atoms with Crippen LogP contribution in [0.1, 0.15) is 5.56 Å². The Morgan fingerprint density at radius 3 is 2.25 bits per heavy atom. The van der Waals surface area contributed by atoms with E-state index < -0.39 is 20.7 Å². The summed E-state index contributed by atoms with van der Waals surface area (Å²) in [5, 5.41) is 8.62. The molecule has 0 saturated carbocycles. The van der Waals surface area contributed by atoms with Gasteiger partial charge in [-0.3, -0.25) is 4.72 Å². The van der Waals surface area contributed by atoms with Crippen molar-refractivity contribution in [3.8, 4) is 17.6 Å². The molecule has 0 unspecified atom stereocenters. The molecule has 2 aromatic carbocycles. The predicted octanol–water partition coefficient (Wildman–Crippen LogP) is 2.71. The number of sulfonamides is 1. The number of nitriles is 1. The fourth-order valence-electron chi connectivity index (χ4n) is 2.03. The molecule has 0 amide bonds. The first-order valence-corrected chi connectivity index (χ1v) is 8.30. The number of nitrogens with one attached hydrogen (secondary N) is 1. The molecule has 0 atom stereocenters. The number of rotatable bonds is 6. The number of nitrogens with zero attached hydrogens (tertiary/aromatic N) is 1. The number of halogens is 1. The third-order valence-electron chi connectivity index (χ3n) is 3.22. The van der Waals surface area contributed by atoms with Crippen molar-refractivity contribution < 1.29 is 22.3 Å². The number of benzene rings is 2. The zero-order valence-corrected chi connectivity index (χ0v) is 13.9. The van der Waals surface area contributed by atoms with Gasteiger partial charge in [0.25, 0.3) is 10.0 Å². The van der Waals surface area contributed by atoms with Crippen LogP contribution in [-0.4, -0.2) is 22.6 Å². The second kappa shape index (κ2) is 7.19. The minimum absolute atomic E-state index is 0.0924. The quantitative estimate of drug-likeness (QED) is 0.865. The van der Waals surface area contributed by atoms with Gasteiger partial charge >= 0.3 is 0 Å². The van der Waals surface area contributed by atoms with Crippen molar-refractivity contribution in [3.63, 3.8) is 0 Å². The second-order valence-corrected chi connectivity index (χ2v) is 6.43. The van der Waals surface area contributed by atoms with Gasteiger partial charge in [0, 0.05) is 17.8 Å². The van der Waals surface area contributed by atoms with Gasteiger partial charge in [0.15, 0.2) is 11.5 Å². The van der Waals surface area contributed by atoms with E-state index in [0.717, 1.165) is 17.7 Å². The van der Waals surface area contributed by atoms with E-state index in [1.807, 2.05) is 6.07 Å². The molecule has 0 saturated heterocycles. The molecule has 0 fully saturated rings. The average Bonchev–Trinajstić information content (AvgIpc) is 2.56. The van der Waals surface area contributed by atoms with Crippen LogP contribution in [0.25, 0.3) is 0 Å². The van der Waals surface area contributed by atoms with Crippen molar-refractivity contribution >= 4 is 15.7 Å². The Balaban J connectivity index is 2.35. The third-order valence-corrected chi connectivity index (χ3v) is 4.61. The summed E-state index contributed by atoms with van der Waals surface area (Å²) in [7, 11) is -1.50. The Labute approximate surface area is 139 Å². The highest BCUT2D eigenvalue weighted by Gasteiger charge is 2.22. The smallest absolute Gasteiger partial charge is 0.264 e. The summed E-state index contributed by atoms with van der Waals surface area (Å²) in [6, 6.07) is 10.2. The summed E-state index contributed by atoms with van der Waals surface area (Å²) in [6.45, 7) is 0. The maximum absolute atomic E-state index is 14.1. The second-order valence-electron chi connectivity index (χ2n) is 4.77. The summed E-state index contributed by atoms with van der Waals surface area (Å²) >= 11 is 0. The van der Waals surface area contributed by atoms with E-state index in [2.05, 4.69) is 4.72 Å². The van der Waals surface area contributed by atoms with Gasteiger partial charge in [-0.05, 0) is 17.7 Å². The van der Waals surface area contributed by atoms with Gasteiger partial charge in [-0.2, -0.15) is 5.26 Å². The maximum atomic E-state index is 14.1. The van der Waals surface area contributed by atoms with Crippen molar-refractivity contribution in [3.05, 3.63) is 47.8 Å². The molecule has 0 aliphatic heterocycles. The topological polar surface area (TPSA) is 88.4 Å². The van der Waals surface area contributed by atoms with Crippen molar-refractivity contribution in [1.82, 2.24) is 0 Å². The molecule has 0 radical (unpaired) electrons. The van der Waals surface area contributed by atoms with Crippen LogP contribution >= 0.6 is 0 Å².